The van der Waals surface area contributed by atoms with Crippen LogP contribution in [-0.4, -0.2) is 50.2 Å². The quantitative estimate of drug-likeness (QED) is 0.741. The lowest BCUT2D eigenvalue weighted by molar-refractivity contribution is -0.142. The lowest BCUT2D eigenvalue weighted by atomic mass is 10.0. The van der Waals surface area contributed by atoms with Crippen molar-refractivity contribution in [1.29, 1.82) is 0 Å². The van der Waals surface area contributed by atoms with Crippen LogP contribution >= 0.6 is 12.4 Å². The smallest absolute Gasteiger partial charge is 0.319 e. The Labute approximate surface area is 104 Å². The van der Waals surface area contributed by atoms with Gasteiger partial charge in [-0.2, -0.15) is 0 Å². The molecule has 0 unspecified atom stereocenters. The highest BCUT2D eigenvalue weighted by atomic mass is 35.5. The number of hydrogen-bond acceptors (Lipinski definition) is 4. The van der Waals surface area contributed by atoms with Gasteiger partial charge in [0.2, 0.25) is 0 Å². The molecule has 0 bridgehead atoms. The summed E-state index contributed by atoms with van der Waals surface area (Å²) in [6.45, 7) is 5.69. The molecule has 4 nitrogen and oxygen atoms in total. The molecule has 96 valence electrons. The predicted molar refractivity (Wildman–Crippen MR) is 67.0 cm³/mol. The third-order valence-corrected chi connectivity index (χ3v) is 2.90. The number of carbonyl (C=O) groups excluding carboxylic acids is 1. The molecule has 0 amide bonds. The average Bonchev–Trinajstić information content (AvgIpc) is 2.29. The summed E-state index contributed by atoms with van der Waals surface area (Å²) in [5, 5.41) is 3.34. The normalized spacial score (nSPS) is 16.9. The van der Waals surface area contributed by atoms with E-state index in [1.807, 2.05) is 0 Å². The zero-order valence-corrected chi connectivity index (χ0v) is 11.0. The molecule has 1 fully saturated rings. The van der Waals surface area contributed by atoms with Crippen LogP contribution in [0.2, 0.25) is 0 Å². The zero-order chi connectivity index (χ0) is 11.1. The first-order valence-electron chi connectivity index (χ1n) is 5.79. The number of halogens is 1. The molecular formula is C11H23ClN2O2. The molecule has 1 N–H and O–H groups in total. The second kappa shape index (κ2) is 8.79. The first kappa shape index (κ1) is 15.7. The van der Waals surface area contributed by atoms with Gasteiger partial charge in [0.05, 0.1) is 13.7 Å². The molecule has 0 aromatic heterocycles. The molecule has 1 heterocycles. The Morgan fingerprint density at radius 2 is 2.06 bits per heavy atom. The highest BCUT2D eigenvalue weighted by molar-refractivity contribution is 5.85. The van der Waals surface area contributed by atoms with E-state index in [9.17, 15) is 4.79 Å². The first-order chi connectivity index (χ1) is 7.27. The molecule has 0 aliphatic carbocycles. The van der Waals surface area contributed by atoms with Crippen LogP contribution in [0.5, 0.6) is 0 Å². The SMILES string of the molecule is CCCN(CC(=O)OC)C1CCNCC1.Cl. The minimum Gasteiger partial charge on any atom is -0.468 e. The van der Waals surface area contributed by atoms with Crippen molar-refractivity contribution < 1.29 is 9.53 Å². The Bertz CT molecular complexity index is 196. The summed E-state index contributed by atoms with van der Waals surface area (Å²) in [6.07, 6.45) is 3.36. The molecular weight excluding hydrogens is 228 g/mol. The highest BCUT2D eigenvalue weighted by Crippen LogP contribution is 2.12. The standard InChI is InChI=1S/C11H22N2O2.ClH/c1-3-8-13(9-11(14)15-2)10-4-6-12-7-5-10;/h10,12H,3-9H2,1-2H3;1H. The van der Waals surface area contributed by atoms with Gasteiger partial charge in [-0.05, 0) is 38.9 Å². The summed E-state index contributed by atoms with van der Waals surface area (Å²) in [4.78, 5) is 13.5. The van der Waals surface area contributed by atoms with Crippen molar-refractivity contribution >= 4 is 18.4 Å². The number of hydrogen-bond donors (Lipinski definition) is 1. The molecule has 1 rings (SSSR count). The molecule has 5 heteroatoms. The van der Waals surface area contributed by atoms with Crippen molar-refractivity contribution in [3.05, 3.63) is 0 Å². The predicted octanol–water partition coefficient (Wildman–Crippen LogP) is 1.05. The van der Waals surface area contributed by atoms with E-state index >= 15 is 0 Å². The number of rotatable bonds is 5. The first-order valence-corrected chi connectivity index (χ1v) is 5.79. The third-order valence-electron chi connectivity index (χ3n) is 2.90. The number of nitrogens with one attached hydrogen (secondary N) is 1. The number of ether oxygens (including phenoxy) is 1. The van der Waals surface area contributed by atoms with Crippen molar-refractivity contribution in [2.45, 2.75) is 32.2 Å². The van der Waals surface area contributed by atoms with Gasteiger partial charge in [-0.1, -0.05) is 6.92 Å². The van der Waals surface area contributed by atoms with E-state index in [-0.39, 0.29) is 18.4 Å². The third kappa shape index (κ3) is 5.14. The maximum absolute atomic E-state index is 11.3. The minimum atomic E-state index is -0.123. The molecule has 0 spiro atoms. The fourth-order valence-electron chi connectivity index (χ4n) is 2.08. The van der Waals surface area contributed by atoms with Gasteiger partial charge >= 0.3 is 5.97 Å². The van der Waals surface area contributed by atoms with Crippen molar-refractivity contribution in [1.82, 2.24) is 10.2 Å². The van der Waals surface area contributed by atoms with Crippen LogP contribution in [0, 0.1) is 0 Å². The van der Waals surface area contributed by atoms with Crippen LogP contribution in [0.4, 0.5) is 0 Å². The minimum absolute atomic E-state index is 0. The van der Waals surface area contributed by atoms with E-state index in [0.29, 0.717) is 12.6 Å². The number of esters is 1. The van der Waals surface area contributed by atoms with Crippen LogP contribution in [-0.2, 0) is 9.53 Å². The number of methoxy groups -OCH3 is 1. The monoisotopic (exact) mass is 250 g/mol. The van der Waals surface area contributed by atoms with Gasteiger partial charge in [-0.25, -0.2) is 0 Å². The lowest BCUT2D eigenvalue weighted by Crippen LogP contribution is -2.45. The Kier molecular flexibility index (Phi) is 8.61. The lowest BCUT2D eigenvalue weighted by Gasteiger charge is -2.33. The van der Waals surface area contributed by atoms with E-state index in [2.05, 4.69) is 17.1 Å². The van der Waals surface area contributed by atoms with Gasteiger partial charge < -0.3 is 10.1 Å². The molecule has 1 aliphatic heterocycles. The maximum atomic E-state index is 11.3. The Morgan fingerprint density at radius 1 is 1.44 bits per heavy atom. The molecule has 1 saturated heterocycles. The number of nitrogens with zero attached hydrogens (tertiary/aromatic N) is 1. The van der Waals surface area contributed by atoms with Gasteiger partial charge in [0.15, 0.2) is 0 Å². The largest absolute Gasteiger partial charge is 0.468 e. The van der Waals surface area contributed by atoms with Gasteiger partial charge in [0, 0.05) is 6.04 Å². The van der Waals surface area contributed by atoms with E-state index in [0.717, 1.165) is 38.9 Å². The van der Waals surface area contributed by atoms with E-state index in [4.69, 9.17) is 4.74 Å². The van der Waals surface area contributed by atoms with E-state index < -0.39 is 0 Å². The van der Waals surface area contributed by atoms with Gasteiger partial charge in [0.25, 0.3) is 0 Å². The van der Waals surface area contributed by atoms with Gasteiger partial charge in [-0.3, -0.25) is 9.69 Å². The summed E-state index contributed by atoms with van der Waals surface area (Å²) in [5.41, 5.74) is 0. The number of piperidine rings is 1. The summed E-state index contributed by atoms with van der Waals surface area (Å²) in [6, 6.07) is 0.547. The summed E-state index contributed by atoms with van der Waals surface area (Å²) in [5.74, 6) is -0.123. The molecule has 0 atom stereocenters. The second-order valence-electron chi connectivity index (χ2n) is 4.03. The zero-order valence-electron chi connectivity index (χ0n) is 10.2. The van der Waals surface area contributed by atoms with Crippen LogP contribution in [0.25, 0.3) is 0 Å². The summed E-state index contributed by atoms with van der Waals surface area (Å²) >= 11 is 0. The molecule has 0 radical (unpaired) electrons. The molecule has 0 aromatic carbocycles. The van der Waals surface area contributed by atoms with Crippen molar-refractivity contribution in [3.63, 3.8) is 0 Å². The molecule has 0 aromatic rings. The topological polar surface area (TPSA) is 41.6 Å². The van der Waals surface area contributed by atoms with Crippen LogP contribution in [0.15, 0.2) is 0 Å². The molecule has 1 aliphatic rings. The maximum Gasteiger partial charge on any atom is 0.319 e. The molecule has 16 heavy (non-hydrogen) atoms. The van der Waals surface area contributed by atoms with E-state index in [1.165, 1.54) is 7.11 Å². The van der Waals surface area contributed by atoms with Crippen LogP contribution in [0.1, 0.15) is 26.2 Å². The van der Waals surface area contributed by atoms with Crippen molar-refractivity contribution in [2.75, 3.05) is 33.3 Å². The van der Waals surface area contributed by atoms with Crippen LogP contribution in [0.3, 0.4) is 0 Å². The second-order valence-corrected chi connectivity index (χ2v) is 4.03. The highest BCUT2D eigenvalue weighted by Gasteiger charge is 2.22. The fourth-order valence-corrected chi connectivity index (χ4v) is 2.08. The molecule has 0 saturated carbocycles. The van der Waals surface area contributed by atoms with Gasteiger partial charge in [-0.15, -0.1) is 12.4 Å². The van der Waals surface area contributed by atoms with Gasteiger partial charge in [0.1, 0.15) is 0 Å². The summed E-state index contributed by atoms with van der Waals surface area (Å²) in [7, 11) is 1.45. The van der Waals surface area contributed by atoms with Crippen LogP contribution < -0.4 is 5.32 Å². The van der Waals surface area contributed by atoms with Crippen molar-refractivity contribution in [2.24, 2.45) is 0 Å². The Hall–Kier alpha value is -0.320. The van der Waals surface area contributed by atoms with E-state index in [1.54, 1.807) is 0 Å². The Balaban J connectivity index is 0.00000225. The fraction of sp³-hybridized carbons (Fsp3) is 0.909. The average molecular weight is 251 g/mol. The number of carbonyl (C=O) groups is 1. The van der Waals surface area contributed by atoms with Crippen molar-refractivity contribution in [3.8, 4) is 0 Å². The summed E-state index contributed by atoms with van der Waals surface area (Å²) < 4.78 is 4.72. The Morgan fingerprint density at radius 3 is 2.56 bits per heavy atom.